The maximum Gasteiger partial charge on any atom is 0.356 e. The van der Waals surface area contributed by atoms with Crippen molar-refractivity contribution >= 4 is 11.9 Å². The maximum atomic E-state index is 13.5. The van der Waals surface area contributed by atoms with Gasteiger partial charge in [-0.3, -0.25) is 9.36 Å². The van der Waals surface area contributed by atoms with Gasteiger partial charge in [0.15, 0.2) is 5.69 Å². The van der Waals surface area contributed by atoms with Crippen LogP contribution in [0.25, 0.3) is 5.69 Å². The summed E-state index contributed by atoms with van der Waals surface area (Å²) in [6.07, 6.45) is 2.05. The Labute approximate surface area is 118 Å². The lowest BCUT2D eigenvalue weighted by Crippen LogP contribution is -2.45. The number of hydrogen-bond donors (Lipinski definition) is 1. The molecular weight excluding hydrogens is 277 g/mol. The van der Waals surface area contributed by atoms with Gasteiger partial charge in [-0.2, -0.15) is 0 Å². The molecule has 1 N–H and O–H groups in total. The lowest BCUT2D eigenvalue weighted by Gasteiger charge is -2.39. The Morgan fingerprint density at radius 2 is 2.24 bits per heavy atom. The van der Waals surface area contributed by atoms with E-state index in [1.54, 1.807) is 9.47 Å². The summed E-state index contributed by atoms with van der Waals surface area (Å²) in [7, 11) is 0. The number of halogens is 1. The van der Waals surface area contributed by atoms with E-state index in [0.717, 1.165) is 0 Å². The number of fused-ring (bicyclic) bond motifs is 5. The van der Waals surface area contributed by atoms with E-state index < -0.39 is 11.8 Å². The molecule has 106 valence electrons. The van der Waals surface area contributed by atoms with Crippen molar-refractivity contribution in [2.24, 2.45) is 0 Å². The molecule has 0 saturated carbocycles. The molecule has 2 aliphatic rings. The maximum absolute atomic E-state index is 13.5. The average molecular weight is 287 g/mol. The zero-order chi connectivity index (χ0) is 14.7. The third kappa shape index (κ3) is 1.48. The molecule has 21 heavy (non-hydrogen) atoms. The Balaban J connectivity index is 2.04. The molecule has 1 aromatic heterocycles. The molecule has 1 amide bonds. The lowest BCUT2D eigenvalue weighted by atomic mass is 9.97. The summed E-state index contributed by atoms with van der Waals surface area (Å²) in [5.74, 6) is -1.91. The van der Waals surface area contributed by atoms with E-state index >= 15 is 0 Å². The van der Waals surface area contributed by atoms with Crippen LogP contribution in [0.3, 0.4) is 0 Å². The second-order valence-electron chi connectivity index (χ2n) is 5.12. The number of nitrogens with zero attached hydrogens (tertiary/aromatic N) is 3. The molecule has 0 aliphatic carbocycles. The van der Waals surface area contributed by atoms with Crippen molar-refractivity contribution in [3.05, 3.63) is 47.3 Å². The number of amides is 1. The molecule has 1 aromatic carbocycles. The SMILES string of the molecule is O=C(O)c1ncn2c1[C@@H]1CCN1C(=O)c1cc(F)ccc1-2. The average Bonchev–Trinajstić information content (AvgIpc) is 2.79. The molecule has 6 nitrogen and oxygen atoms in total. The van der Waals surface area contributed by atoms with Crippen LogP contribution >= 0.6 is 0 Å². The predicted molar refractivity (Wildman–Crippen MR) is 68.9 cm³/mol. The van der Waals surface area contributed by atoms with Crippen LogP contribution in [0, 0.1) is 5.82 Å². The fraction of sp³-hybridized carbons (Fsp3) is 0.214. The van der Waals surface area contributed by atoms with E-state index in [9.17, 15) is 19.1 Å². The van der Waals surface area contributed by atoms with Gasteiger partial charge in [-0.1, -0.05) is 0 Å². The summed E-state index contributed by atoms with van der Waals surface area (Å²) in [5.41, 5.74) is 1.11. The fourth-order valence-electron chi connectivity index (χ4n) is 2.99. The number of carbonyl (C=O) groups is 2. The smallest absolute Gasteiger partial charge is 0.356 e. The molecule has 0 unspecified atom stereocenters. The van der Waals surface area contributed by atoms with Gasteiger partial charge >= 0.3 is 5.97 Å². The number of carboxylic acids is 1. The molecule has 3 heterocycles. The number of benzene rings is 1. The zero-order valence-electron chi connectivity index (χ0n) is 10.8. The number of hydrogen-bond acceptors (Lipinski definition) is 3. The minimum atomic E-state index is -1.13. The van der Waals surface area contributed by atoms with Crippen LogP contribution in [0.2, 0.25) is 0 Å². The van der Waals surface area contributed by atoms with Gasteiger partial charge in [0.2, 0.25) is 0 Å². The van der Waals surface area contributed by atoms with Gasteiger partial charge in [0.1, 0.15) is 12.1 Å². The van der Waals surface area contributed by atoms with Crippen molar-refractivity contribution in [2.45, 2.75) is 12.5 Å². The number of rotatable bonds is 1. The third-order valence-corrected chi connectivity index (χ3v) is 4.05. The summed E-state index contributed by atoms with van der Waals surface area (Å²) >= 11 is 0. The van der Waals surface area contributed by atoms with Crippen LogP contribution in [0.15, 0.2) is 24.5 Å². The molecule has 0 radical (unpaired) electrons. The minimum Gasteiger partial charge on any atom is -0.476 e. The molecule has 0 bridgehead atoms. The quantitative estimate of drug-likeness (QED) is 0.864. The first kappa shape index (κ1) is 12.1. The van der Waals surface area contributed by atoms with Crippen molar-refractivity contribution in [1.82, 2.24) is 14.5 Å². The Bertz CT molecular complexity index is 799. The zero-order valence-corrected chi connectivity index (χ0v) is 10.8. The van der Waals surface area contributed by atoms with Crippen LogP contribution in [0.1, 0.15) is 39.0 Å². The van der Waals surface area contributed by atoms with Crippen LogP contribution in [-0.2, 0) is 0 Å². The van der Waals surface area contributed by atoms with Gasteiger partial charge in [0.05, 0.1) is 23.0 Å². The van der Waals surface area contributed by atoms with E-state index in [1.165, 1.54) is 24.5 Å². The van der Waals surface area contributed by atoms with Crippen molar-refractivity contribution < 1.29 is 19.1 Å². The Hall–Kier alpha value is -2.70. The Morgan fingerprint density at radius 3 is 2.90 bits per heavy atom. The van der Waals surface area contributed by atoms with Gasteiger partial charge in [0.25, 0.3) is 5.91 Å². The first-order chi connectivity index (χ1) is 10.1. The summed E-state index contributed by atoms with van der Waals surface area (Å²) in [6.45, 7) is 0.531. The molecule has 1 saturated heterocycles. The monoisotopic (exact) mass is 287 g/mol. The van der Waals surface area contributed by atoms with Crippen LogP contribution < -0.4 is 0 Å². The number of carboxylic acid groups (broad SMARTS) is 1. The van der Waals surface area contributed by atoms with Gasteiger partial charge in [-0.15, -0.1) is 0 Å². The molecule has 4 rings (SSSR count). The highest BCUT2D eigenvalue weighted by Crippen LogP contribution is 2.40. The van der Waals surface area contributed by atoms with Crippen LogP contribution in [0.4, 0.5) is 4.39 Å². The predicted octanol–water partition coefficient (Wildman–Crippen LogP) is 1.61. The summed E-state index contributed by atoms with van der Waals surface area (Å²) in [4.78, 5) is 29.3. The van der Waals surface area contributed by atoms with Crippen molar-refractivity contribution in [3.8, 4) is 5.69 Å². The van der Waals surface area contributed by atoms with E-state index in [1.807, 2.05) is 0 Å². The molecular formula is C14H10FN3O3. The van der Waals surface area contributed by atoms with Crippen LogP contribution in [0.5, 0.6) is 0 Å². The minimum absolute atomic E-state index is 0.0605. The number of imidazole rings is 1. The van der Waals surface area contributed by atoms with E-state index in [2.05, 4.69) is 4.98 Å². The molecule has 2 aromatic rings. The van der Waals surface area contributed by atoms with E-state index in [4.69, 9.17) is 0 Å². The third-order valence-electron chi connectivity index (χ3n) is 4.05. The van der Waals surface area contributed by atoms with E-state index in [0.29, 0.717) is 24.3 Å². The number of aromatic carboxylic acids is 1. The molecule has 7 heteroatoms. The summed E-state index contributed by atoms with van der Waals surface area (Å²) < 4.78 is 15.0. The standard InChI is InChI=1S/C14H10FN3O3/c15-7-1-2-9-8(5-7)13(19)17-4-3-10(17)12-11(14(20)21)16-6-18(9)12/h1-2,5-6,10H,3-4H2,(H,20,21)/t10-/m0/s1. The second kappa shape index (κ2) is 3.91. The van der Waals surface area contributed by atoms with E-state index in [-0.39, 0.29) is 23.2 Å². The topological polar surface area (TPSA) is 75.4 Å². The fourth-order valence-corrected chi connectivity index (χ4v) is 2.99. The highest BCUT2D eigenvalue weighted by molar-refractivity contribution is 6.00. The first-order valence-corrected chi connectivity index (χ1v) is 6.49. The number of carbonyl (C=O) groups excluding carboxylic acids is 1. The van der Waals surface area contributed by atoms with Gasteiger partial charge in [-0.05, 0) is 24.6 Å². The molecule has 1 fully saturated rings. The largest absolute Gasteiger partial charge is 0.476 e. The Morgan fingerprint density at radius 1 is 1.43 bits per heavy atom. The van der Waals surface area contributed by atoms with Crippen molar-refractivity contribution in [2.75, 3.05) is 6.54 Å². The summed E-state index contributed by atoms with van der Waals surface area (Å²) in [5, 5.41) is 9.27. The number of aromatic nitrogens is 2. The lowest BCUT2D eigenvalue weighted by molar-refractivity contribution is 0.0448. The molecule has 0 spiro atoms. The highest BCUT2D eigenvalue weighted by atomic mass is 19.1. The van der Waals surface area contributed by atoms with Gasteiger partial charge < -0.3 is 10.0 Å². The Kier molecular flexibility index (Phi) is 2.25. The summed E-state index contributed by atoms with van der Waals surface area (Å²) in [6, 6.07) is 3.59. The van der Waals surface area contributed by atoms with Crippen molar-refractivity contribution in [1.29, 1.82) is 0 Å². The normalized spacial score (nSPS) is 19.2. The molecule has 1 atom stereocenters. The van der Waals surface area contributed by atoms with Gasteiger partial charge in [0, 0.05) is 6.54 Å². The second-order valence-corrected chi connectivity index (χ2v) is 5.12. The first-order valence-electron chi connectivity index (χ1n) is 6.49. The molecule has 2 aliphatic heterocycles. The van der Waals surface area contributed by atoms with Gasteiger partial charge in [-0.25, -0.2) is 14.2 Å². The van der Waals surface area contributed by atoms with Crippen molar-refractivity contribution in [3.63, 3.8) is 0 Å². The highest BCUT2D eigenvalue weighted by Gasteiger charge is 2.42. The van der Waals surface area contributed by atoms with Crippen LogP contribution in [-0.4, -0.2) is 38.0 Å².